The van der Waals surface area contributed by atoms with E-state index in [1.807, 2.05) is 6.92 Å². The van der Waals surface area contributed by atoms with Gasteiger partial charge in [0.15, 0.2) is 6.29 Å². The highest BCUT2D eigenvalue weighted by molar-refractivity contribution is 5.90. The van der Waals surface area contributed by atoms with Gasteiger partial charge in [-0.2, -0.15) is 0 Å². The molecule has 0 fully saturated rings. The van der Waals surface area contributed by atoms with Crippen LogP contribution in [-0.2, 0) is 14.2 Å². The number of ether oxygens (including phenoxy) is 3. The van der Waals surface area contributed by atoms with E-state index in [-0.39, 0.29) is 11.6 Å². The number of esters is 1. The van der Waals surface area contributed by atoms with Gasteiger partial charge in [0.05, 0.1) is 18.7 Å². The first kappa shape index (κ1) is 15.4. The van der Waals surface area contributed by atoms with Gasteiger partial charge in [0.2, 0.25) is 0 Å². The van der Waals surface area contributed by atoms with Crippen molar-refractivity contribution in [1.82, 2.24) is 0 Å². The Hall–Kier alpha value is -1.66. The van der Waals surface area contributed by atoms with E-state index in [0.717, 1.165) is 0 Å². The lowest BCUT2D eigenvalue weighted by Gasteiger charge is -2.23. The number of hydrogen-bond acceptors (Lipinski definition) is 5. The van der Waals surface area contributed by atoms with Crippen LogP contribution in [0.15, 0.2) is 18.2 Å². The highest BCUT2D eigenvalue weighted by Gasteiger charge is 2.17. The Bertz CT molecular complexity index is 435. The molecule has 0 aliphatic carbocycles. The van der Waals surface area contributed by atoms with Crippen molar-refractivity contribution in [1.29, 1.82) is 0 Å². The number of nitrogens with one attached hydrogen (secondary N) is 1. The van der Waals surface area contributed by atoms with Crippen LogP contribution in [0.5, 0.6) is 0 Å². The smallest absolute Gasteiger partial charge is 0.340 e. The van der Waals surface area contributed by atoms with Crippen LogP contribution in [0, 0.1) is 5.82 Å². The standard InChI is InChI=1S/C13H18FNO4/c1-8(13(18-3)19-4)15-9-5-6-11(14)10(7-9)12(16)17-2/h5-8,13,15H,1-4H3. The van der Waals surface area contributed by atoms with Gasteiger partial charge in [0.1, 0.15) is 5.82 Å². The van der Waals surface area contributed by atoms with Crippen LogP contribution in [0.4, 0.5) is 10.1 Å². The second-order valence-electron chi connectivity index (χ2n) is 3.96. The molecule has 19 heavy (non-hydrogen) atoms. The first-order valence-corrected chi connectivity index (χ1v) is 5.73. The predicted octanol–water partition coefficient (Wildman–Crippen LogP) is 2.03. The molecule has 0 heterocycles. The Kier molecular flexibility index (Phi) is 5.72. The Morgan fingerprint density at radius 3 is 2.42 bits per heavy atom. The van der Waals surface area contributed by atoms with Gasteiger partial charge in [-0.05, 0) is 25.1 Å². The number of halogens is 1. The molecule has 0 aliphatic rings. The Balaban J connectivity index is 2.88. The fraction of sp³-hybridized carbons (Fsp3) is 0.462. The Morgan fingerprint density at radius 2 is 1.89 bits per heavy atom. The van der Waals surface area contributed by atoms with Crippen LogP contribution in [-0.4, -0.2) is 39.6 Å². The van der Waals surface area contributed by atoms with Gasteiger partial charge in [-0.1, -0.05) is 0 Å². The highest BCUT2D eigenvalue weighted by Crippen LogP contribution is 2.17. The normalized spacial score (nSPS) is 12.3. The molecular formula is C13H18FNO4. The average molecular weight is 271 g/mol. The summed E-state index contributed by atoms with van der Waals surface area (Å²) in [6.45, 7) is 1.85. The van der Waals surface area contributed by atoms with E-state index in [1.54, 1.807) is 0 Å². The van der Waals surface area contributed by atoms with Gasteiger partial charge in [-0.15, -0.1) is 0 Å². The lowest BCUT2D eigenvalue weighted by molar-refractivity contribution is -0.109. The maximum Gasteiger partial charge on any atom is 0.340 e. The molecule has 106 valence electrons. The molecule has 1 aromatic rings. The highest BCUT2D eigenvalue weighted by atomic mass is 19.1. The molecule has 1 aromatic carbocycles. The zero-order valence-electron chi connectivity index (χ0n) is 11.4. The molecule has 1 atom stereocenters. The third-order valence-electron chi connectivity index (χ3n) is 2.64. The van der Waals surface area contributed by atoms with E-state index in [0.29, 0.717) is 5.69 Å². The van der Waals surface area contributed by atoms with E-state index >= 15 is 0 Å². The summed E-state index contributed by atoms with van der Waals surface area (Å²) in [6, 6.07) is 3.95. The number of carbonyl (C=O) groups is 1. The number of hydrogen-bond donors (Lipinski definition) is 1. The van der Waals surface area contributed by atoms with Crippen LogP contribution < -0.4 is 5.32 Å². The zero-order valence-corrected chi connectivity index (χ0v) is 11.4. The Labute approximate surface area is 111 Å². The summed E-state index contributed by atoms with van der Waals surface area (Å²) in [5, 5.41) is 3.07. The largest absolute Gasteiger partial charge is 0.465 e. The van der Waals surface area contributed by atoms with Gasteiger partial charge in [-0.3, -0.25) is 0 Å². The molecule has 0 saturated heterocycles. The lowest BCUT2D eigenvalue weighted by atomic mass is 10.1. The van der Waals surface area contributed by atoms with Crippen molar-refractivity contribution in [2.24, 2.45) is 0 Å². The van der Waals surface area contributed by atoms with Crippen molar-refractivity contribution in [2.45, 2.75) is 19.3 Å². The number of anilines is 1. The fourth-order valence-corrected chi connectivity index (χ4v) is 1.72. The quantitative estimate of drug-likeness (QED) is 0.633. The maximum absolute atomic E-state index is 13.5. The molecule has 0 spiro atoms. The molecule has 1 N–H and O–H groups in total. The minimum atomic E-state index is -0.719. The zero-order chi connectivity index (χ0) is 14.4. The van der Waals surface area contributed by atoms with Gasteiger partial charge in [0.25, 0.3) is 0 Å². The van der Waals surface area contributed by atoms with Crippen molar-refractivity contribution < 1.29 is 23.4 Å². The number of rotatable bonds is 6. The maximum atomic E-state index is 13.5. The SMILES string of the molecule is COC(=O)c1cc(NC(C)C(OC)OC)ccc1F. The molecule has 0 amide bonds. The van der Waals surface area contributed by atoms with Gasteiger partial charge in [-0.25, -0.2) is 9.18 Å². The average Bonchev–Trinajstić information content (AvgIpc) is 2.41. The molecule has 0 aromatic heterocycles. The van der Waals surface area contributed by atoms with Crippen molar-refractivity contribution >= 4 is 11.7 Å². The summed E-state index contributed by atoms with van der Waals surface area (Å²) in [6.07, 6.45) is -0.452. The van der Waals surface area contributed by atoms with E-state index in [2.05, 4.69) is 10.1 Å². The van der Waals surface area contributed by atoms with Gasteiger partial charge < -0.3 is 19.5 Å². The van der Waals surface area contributed by atoms with Crippen LogP contribution in [0.25, 0.3) is 0 Å². The van der Waals surface area contributed by atoms with E-state index in [9.17, 15) is 9.18 Å². The fourth-order valence-electron chi connectivity index (χ4n) is 1.72. The summed E-state index contributed by atoms with van der Waals surface area (Å²) in [7, 11) is 4.25. The molecule has 1 unspecified atom stereocenters. The second kappa shape index (κ2) is 7.06. The molecule has 1 rings (SSSR count). The van der Waals surface area contributed by atoms with Gasteiger partial charge >= 0.3 is 5.97 Å². The molecule has 0 bridgehead atoms. The first-order chi connectivity index (χ1) is 9.03. The summed E-state index contributed by atoms with van der Waals surface area (Å²) >= 11 is 0. The van der Waals surface area contributed by atoms with Crippen LogP contribution >= 0.6 is 0 Å². The topological polar surface area (TPSA) is 56.8 Å². The molecule has 6 heteroatoms. The summed E-state index contributed by atoms with van der Waals surface area (Å²) in [5.74, 6) is -1.34. The Morgan fingerprint density at radius 1 is 1.26 bits per heavy atom. The predicted molar refractivity (Wildman–Crippen MR) is 68.6 cm³/mol. The van der Waals surface area contributed by atoms with Crippen LogP contribution in [0.2, 0.25) is 0 Å². The van der Waals surface area contributed by atoms with Crippen molar-refractivity contribution in [3.05, 3.63) is 29.6 Å². The lowest BCUT2D eigenvalue weighted by Crippen LogP contribution is -2.33. The first-order valence-electron chi connectivity index (χ1n) is 5.73. The number of benzene rings is 1. The van der Waals surface area contributed by atoms with E-state index in [1.165, 1.54) is 39.5 Å². The summed E-state index contributed by atoms with van der Waals surface area (Å²) in [4.78, 5) is 11.4. The third kappa shape index (κ3) is 3.90. The van der Waals surface area contributed by atoms with E-state index < -0.39 is 18.1 Å². The summed E-state index contributed by atoms with van der Waals surface area (Å²) in [5.41, 5.74) is 0.458. The van der Waals surface area contributed by atoms with Gasteiger partial charge in [0, 0.05) is 19.9 Å². The molecule has 0 radical (unpaired) electrons. The second-order valence-corrected chi connectivity index (χ2v) is 3.96. The minimum Gasteiger partial charge on any atom is -0.465 e. The molecule has 5 nitrogen and oxygen atoms in total. The van der Waals surface area contributed by atoms with Crippen molar-refractivity contribution in [3.63, 3.8) is 0 Å². The van der Waals surface area contributed by atoms with Crippen LogP contribution in [0.1, 0.15) is 17.3 Å². The molecule has 0 saturated carbocycles. The van der Waals surface area contributed by atoms with Crippen molar-refractivity contribution in [3.8, 4) is 0 Å². The van der Waals surface area contributed by atoms with E-state index in [4.69, 9.17) is 9.47 Å². The third-order valence-corrected chi connectivity index (χ3v) is 2.64. The van der Waals surface area contributed by atoms with Crippen LogP contribution in [0.3, 0.4) is 0 Å². The minimum absolute atomic E-state index is 0.119. The summed E-state index contributed by atoms with van der Waals surface area (Å²) < 4.78 is 28.2. The number of methoxy groups -OCH3 is 3. The number of carbonyl (C=O) groups excluding carboxylic acids is 1. The molecule has 0 aliphatic heterocycles. The monoisotopic (exact) mass is 271 g/mol. The molecular weight excluding hydrogens is 253 g/mol. The van der Waals surface area contributed by atoms with Crippen molar-refractivity contribution in [2.75, 3.05) is 26.6 Å².